The Morgan fingerprint density at radius 2 is 2.25 bits per heavy atom. The van der Waals surface area contributed by atoms with Crippen molar-refractivity contribution >= 4 is 5.82 Å². The van der Waals surface area contributed by atoms with Gasteiger partial charge in [-0.05, 0) is 10.3 Å². The number of nitrogens with zero attached hydrogens (tertiary/aromatic N) is 4. The molecule has 8 nitrogen and oxygen atoms in total. The van der Waals surface area contributed by atoms with Crippen LogP contribution in [-0.4, -0.2) is 31.0 Å². The van der Waals surface area contributed by atoms with Crippen molar-refractivity contribution in [2.45, 2.75) is 0 Å². The summed E-state index contributed by atoms with van der Waals surface area (Å²) in [6, 6.07) is 0. The summed E-state index contributed by atoms with van der Waals surface area (Å²) in [4.78, 5) is 3.81. The van der Waals surface area contributed by atoms with Crippen LogP contribution in [0.2, 0.25) is 0 Å². The van der Waals surface area contributed by atoms with Gasteiger partial charge in [-0.3, -0.25) is 5.10 Å². The summed E-state index contributed by atoms with van der Waals surface area (Å²) in [5.41, 5.74) is 5.75. The van der Waals surface area contributed by atoms with Crippen LogP contribution in [-0.2, 0) is 0 Å². The zero-order valence-electron chi connectivity index (χ0n) is 5.85. The minimum absolute atomic E-state index is 0. The van der Waals surface area contributed by atoms with Crippen molar-refractivity contribution in [3.63, 3.8) is 0 Å². The van der Waals surface area contributed by atoms with E-state index in [1.165, 1.54) is 6.33 Å². The molecule has 0 saturated carbocycles. The Kier molecular flexibility index (Phi) is 2.01. The molecule has 0 radical (unpaired) electrons. The van der Waals surface area contributed by atoms with E-state index < -0.39 is 0 Å². The Hall–Kier alpha value is -1.96. The van der Waals surface area contributed by atoms with E-state index in [2.05, 4.69) is 30.1 Å². The number of H-pyrrole nitrogens is 1. The lowest BCUT2D eigenvalue weighted by molar-refractivity contribution is 0.310. The molecular weight excluding hydrogens is 164 g/mol. The van der Waals surface area contributed by atoms with Crippen molar-refractivity contribution in [3.8, 4) is 11.5 Å². The summed E-state index contributed by atoms with van der Waals surface area (Å²) >= 11 is 0. The molecule has 0 aliphatic heterocycles. The Labute approximate surface area is 66.1 Å². The van der Waals surface area contributed by atoms with E-state index in [0.717, 1.165) is 0 Å². The minimum atomic E-state index is 0. The average molecular weight is 170 g/mol. The standard InChI is InChI=1S/C4H4N6O.H2O/c5-3-2(9-11-10-3)4-6-1-7-8-4;/h1H,(H2,5,10)(H,6,7,8);1H2. The normalized spacial score (nSPS) is 9.33. The molecule has 0 atom stereocenters. The lowest BCUT2D eigenvalue weighted by atomic mass is 10.4. The lowest BCUT2D eigenvalue weighted by Crippen LogP contribution is -1.89. The highest BCUT2D eigenvalue weighted by molar-refractivity contribution is 5.61. The molecule has 2 heterocycles. The van der Waals surface area contributed by atoms with Gasteiger partial charge in [-0.2, -0.15) is 5.10 Å². The number of nitrogens with one attached hydrogen (secondary N) is 1. The quantitative estimate of drug-likeness (QED) is 0.540. The van der Waals surface area contributed by atoms with Gasteiger partial charge in [0.1, 0.15) is 6.33 Å². The topological polar surface area (TPSA) is 138 Å². The van der Waals surface area contributed by atoms with E-state index in [9.17, 15) is 0 Å². The molecule has 2 rings (SSSR count). The van der Waals surface area contributed by atoms with Gasteiger partial charge in [0, 0.05) is 0 Å². The average Bonchev–Trinajstić information content (AvgIpc) is 2.55. The summed E-state index contributed by atoms with van der Waals surface area (Å²) in [7, 11) is 0. The van der Waals surface area contributed by atoms with Crippen LogP contribution in [0, 0.1) is 0 Å². The smallest absolute Gasteiger partial charge is 0.199 e. The third-order valence-electron chi connectivity index (χ3n) is 1.15. The Morgan fingerprint density at radius 3 is 2.75 bits per heavy atom. The largest absolute Gasteiger partial charge is 0.412 e. The van der Waals surface area contributed by atoms with Gasteiger partial charge in [-0.25, -0.2) is 9.61 Å². The summed E-state index contributed by atoms with van der Waals surface area (Å²) in [6.07, 6.45) is 1.35. The number of hydrogen-bond acceptors (Lipinski definition) is 6. The molecule has 0 spiro atoms. The molecule has 0 fully saturated rings. The summed E-state index contributed by atoms with van der Waals surface area (Å²) < 4.78 is 4.36. The predicted molar refractivity (Wildman–Crippen MR) is 37.7 cm³/mol. The number of nitrogen functional groups attached to an aromatic ring is 1. The molecule has 0 aliphatic carbocycles. The first kappa shape index (κ1) is 8.14. The maximum atomic E-state index is 5.38. The number of aromatic amines is 1. The lowest BCUT2D eigenvalue weighted by Gasteiger charge is -1.84. The Morgan fingerprint density at radius 1 is 1.42 bits per heavy atom. The second-order valence-electron chi connectivity index (χ2n) is 1.83. The van der Waals surface area contributed by atoms with E-state index in [4.69, 9.17) is 5.73 Å². The fourth-order valence-electron chi connectivity index (χ4n) is 0.679. The van der Waals surface area contributed by atoms with Gasteiger partial charge in [-0.15, -0.1) is 0 Å². The first-order valence-electron chi connectivity index (χ1n) is 2.81. The van der Waals surface area contributed by atoms with Crippen LogP contribution in [0.15, 0.2) is 11.0 Å². The molecule has 0 unspecified atom stereocenters. The third kappa shape index (κ3) is 1.10. The predicted octanol–water partition coefficient (Wildman–Crippen LogP) is -1.39. The zero-order valence-corrected chi connectivity index (χ0v) is 5.85. The summed E-state index contributed by atoms with van der Waals surface area (Å²) in [6.45, 7) is 0. The van der Waals surface area contributed by atoms with Gasteiger partial charge in [0.05, 0.1) is 0 Å². The van der Waals surface area contributed by atoms with Gasteiger partial charge < -0.3 is 11.2 Å². The van der Waals surface area contributed by atoms with Crippen LogP contribution >= 0.6 is 0 Å². The van der Waals surface area contributed by atoms with Crippen molar-refractivity contribution in [1.29, 1.82) is 0 Å². The monoisotopic (exact) mass is 170 g/mol. The van der Waals surface area contributed by atoms with Crippen LogP contribution in [0.5, 0.6) is 0 Å². The number of anilines is 1. The van der Waals surface area contributed by atoms with Gasteiger partial charge in [0.25, 0.3) is 0 Å². The van der Waals surface area contributed by atoms with Crippen molar-refractivity contribution in [3.05, 3.63) is 6.33 Å². The molecular formula is C4H6N6O2. The van der Waals surface area contributed by atoms with Gasteiger partial charge in [0.15, 0.2) is 17.3 Å². The van der Waals surface area contributed by atoms with Gasteiger partial charge >= 0.3 is 0 Å². The second-order valence-corrected chi connectivity index (χ2v) is 1.83. The highest BCUT2D eigenvalue weighted by atomic mass is 16.6. The fourth-order valence-corrected chi connectivity index (χ4v) is 0.679. The first-order valence-corrected chi connectivity index (χ1v) is 2.81. The number of hydrogen-bond donors (Lipinski definition) is 2. The second kappa shape index (κ2) is 2.96. The van der Waals surface area contributed by atoms with Crippen LogP contribution in [0.1, 0.15) is 0 Å². The number of rotatable bonds is 1. The van der Waals surface area contributed by atoms with Crippen LogP contribution in [0.3, 0.4) is 0 Å². The van der Waals surface area contributed by atoms with E-state index in [1.807, 2.05) is 0 Å². The zero-order chi connectivity index (χ0) is 7.68. The molecule has 0 amide bonds. The molecule has 0 bridgehead atoms. The molecule has 0 aromatic carbocycles. The van der Waals surface area contributed by atoms with E-state index >= 15 is 0 Å². The van der Waals surface area contributed by atoms with Gasteiger partial charge in [0.2, 0.25) is 0 Å². The van der Waals surface area contributed by atoms with Crippen molar-refractivity contribution in [1.82, 2.24) is 25.5 Å². The molecule has 2 aromatic heterocycles. The maximum absolute atomic E-state index is 5.38. The molecule has 64 valence electrons. The van der Waals surface area contributed by atoms with E-state index in [1.54, 1.807) is 0 Å². The van der Waals surface area contributed by atoms with E-state index in [0.29, 0.717) is 11.5 Å². The first-order chi connectivity index (χ1) is 5.38. The fraction of sp³-hybridized carbons (Fsp3) is 0. The molecule has 12 heavy (non-hydrogen) atoms. The molecule has 5 N–H and O–H groups in total. The highest BCUT2D eigenvalue weighted by Crippen LogP contribution is 2.15. The summed E-state index contributed by atoms with van der Waals surface area (Å²) in [5, 5.41) is 13.1. The van der Waals surface area contributed by atoms with Crippen molar-refractivity contribution in [2.75, 3.05) is 5.73 Å². The van der Waals surface area contributed by atoms with E-state index in [-0.39, 0.29) is 11.3 Å². The summed E-state index contributed by atoms with van der Waals surface area (Å²) in [5.74, 6) is 0.644. The minimum Gasteiger partial charge on any atom is -0.412 e. The Bertz CT molecular complexity index is 340. The molecule has 0 aliphatic rings. The van der Waals surface area contributed by atoms with Crippen LogP contribution < -0.4 is 5.73 Å². The third-order valence-corrected chi connectivity index (χ3v) is 1.15. The molecule has 2 aromatic rings. The SMILES string of the molecule is Nc1nonc1-c1ncn[nH]1.O. The van der Waals surface area contributed by atoms with Gasteiger partial charge in [-0.1, -0.05) is 0 Å². The molecule has 8 heteroatoms. The molecule has 0 saturated heterocycles. The highest BCUT2D eigenvalue weighted by Gasteiger charge is 2.10. The van der Waals surface area contributed by atoms with Crippen molar-refractivity contribution in [2.24, 2.45) is 0 Å². The number of aromatic nitrogens is 5. The van der Waals surface area contributed by atoms with Crippen LogP contribution in [0.4, 0.5) is 5.82 Å². The Balaban J connectivity index is 0.000000720. The maximum Gasteiger partial charge on any atom is 0.199 e. The number of nitrogens with two attached hydrogens (primary N) is 1. The van der Waals surface area contributed by atoms with Crippen molar-refractivity contribution < 1.29 is 10.1 Å². The van der Waals surface area contributed by atoms with Crippen LogP contribution in [0.25, 0.3) is 11.5 Å².